The maximum Gasteiger partial charge on any atom is 0.140 e. The minimum atomic E-state index is 0.0651. The Labute approximate surface area is 130 Å². The van der Waals surface area contributed by atoms with Gasteiger partial charge in [-0.3, -0.25) is 0 Å². The van der Waals surface area contributed by atoms with Gasteiger partial charge in [-0.05, 0) is 43.9 Å². The highest BCUT2D eigenvalue weighted by molar-refractivity contribution is 7.11. The van der Waals surface area contributed by atoms with Crippen molar-refractivity contribution in [2.75, 3.05) is 0 Å². The molecular weight excluding hydrogens is 280 g/mol. The van der Waals surface area contributed by atoms with Crippen molar-refractivity contribution in [2.45, 2.75) is 51.7 Å². The molecule has 1 heterocycles. The molecule has 21 heavy (non-hydrogen) atoms. The van der Waals surface area contributed by atoms with E-state index in [-0.39, 0.29) is 6.04 Å². The van der Waals surface area contributed by atoms with Crippen LogP contribution < -0.4 is 10.5 Å². The van der Waals surface area contributed by atoms with E-state index in [0.717, 1.165) is 17.2 Å². The van der Waals surface area contributed by atoms with Crippen LogP contribution in [0.4, 0.5) is 0 Å². The molecule has 0 spiro atoms. The van der Waals surface area contributed by atoms with Gasteiger partial charge in [-0.1, -0.05) is 19.1 Å². The van der Waals surface area contributed by atoms with Crippen molar-refractivity contribution in [1.29, 1.82) is 0 Å². The second-order valence-electron chi connectivity index (χ2n) is 5.71. The van der Waals surface area contributed by atoms with Crippen LogP contribution in [0, 0.1) is 0 Å². The minimum Gasteiger partial charge on any atom is -0.486 e. The van der Waals surface area contributed by atoms with Crippen molar-refractivity contribution in [1.82, 2.24) is 4.98 Å². The van der Waals surface area contributed by atoms with Crippen molar-refractivity contribution < 1.29 is 4.74 Å². The highest BCUT2D eigenvalue weighted by Gasteiger charge is 2.30. The van der Waals surface area contributed by atoms with Crippen molar-refractivity contribution >= 4 is 11.3 Å². The molecule has 1 atom stereocenters. The summed E-state index contributed by atoms with van der Waals surface area (Å²) in [5.74, 6) is 1.55. The smallest absolute Gasteiger partial charge is 0.140 e. The molecule has 1 saturated carbocycles. The largest absolute Gasteiger partial charge is 0.486 e. The van der Waals surface area contributed by atoms with E-state index in [2.05, 4.69) is 19.1 Å². The summed E-state index contributed by atoms with van der Waals surface area (Å²) in [5.41, 5.74) is 8.58. The Balaban J connectivity index is 1.71. The fourth-order valence-corrected chi connectivity index (χ4v) is 3.45. The third-order valence-corrected chi connectivity index (χ3v) is 5.02. The summed E-state index contributed by atoms with van der Waals surface area (Å²) < 4.78 is 5.89. The van der Waals surface area contributed by atoms with Gasteiger partial charge in [0.05, 0.1) is 5.69 Å². The summed E-state index contributed by atoms with van der Waals surface area (Å²) in [7, 11) is 0. The van der Waals surface area contributed by atoms with Crippen molar-refractivity contribution in [3.05, 3.63) is 45.4 Å². The summed E-state index contributed by atoms with van der Waals surface area (Å²) >= 11 is 1.70. The van der Waals surface area contributed by atoms with Crippen LogP contribution in [0.1, 0.15) is 59.8 Å². The monoisotopic (exact) mass is 302 g/mol. The van der Waals surface area contributed by atoms with Gasteiger partial charge < -0.3 is 10.5 Å². The lowest BCUT2D eigenvalue weighted by Gasteiger charge is -2.05. The number of rotatable bonds is 6. The first kappa shape index (κ1) is 14.5. The minimum absolute atomic E-state index is 0.0651. The summed E-state index contributed by atoms with van der Waals surface area (Å²) in [6.07, 6.45) is 3.53. The molecule has 1 aliphatic carbocycles. The molecular formula is C17H22N2OS. The molecule has 0 bridgehead atoms. The maximum atomic E-state index is 6.07. The highest BCUT2D eigenvalue weighted by atomic mass is 32.1. The van der Waals surface area contributed by atoms with E-state index < -0.39 is 0 Å². The molecule has 1 aromatic carbocycles. The predicted molar refractivity (Wildman–Crippen MR) is 86.8 cm³/mol. The zero-order valence-corrected chi connectivity index (χ0v) is 13.5. The molecule has 1 aliphatic rings. The summed E-state index contributed by atoms with van der Waals surface area (Å²) in [6.45, 7) is 4.72. The average molecular weight is 302 g/mol. The van der Waals surface area contributed by atoms with Gasteiger partial charge in [-0.2, -0.15) is 0 Å². The van der Waals surface area contributed by atoms with Crippen LogP contribution in [0.2, 0.25) is 0 Å². The van der Waals surface area contributed by atoms with Gasteiger partial charge in [0.25, 0.3) is 0 Å². The highest BCUT2D eigenvalue weighted by Crippen LogP contribution is 2.44. The molecule has 112 valence electrons. The van der Waals surface area contributed by atoms with Crippen molar-refractivity contribution in [3.63, 3.8) is 0 Å². The number of aryl methyl sites for hydroxylation is 1. The van der Waals surface area contributed by atoms with E-state index in [9.17, 15) is 0 Å². The maximum absolute atomic E-state index is 6.07. The van der Waals surface area contributed by atoms with Gasteiger partial charge in [0.15, 0.2) is 0 Å². The molecule has 1 aromatic heterocycles. The first-order chi connectivity index (χ1) is 10.2. The van der Waals surface area contributed by atoms with Crippen molar-refractivity contribution in [2.24, 2.45) is 5.73 Å². The normalized spacial score (nSPS) is 16.0. The van der Waals surface area contributed by atoms with E-state index in [4.69, 9.17) is 15.5 Å². The third-order valence-electron chi connectivity index (χ3n) is 3.77. The van der Waals surface area contributed by atoms with Crippen LogP contribution in [-0.2, 0) is 13.0 Å². The first-order valence-electron chi connectivity index (χ1n) is 7.64. The number of thiazole rings is 1. The van der Waals surface area contributed by atoms with E-state index >= 15 is 0 Å². The standard InChI is InChI=1S/C17H22N2OS/c1-3-12-5-4-6-14(9-12)20-10-15-19-16(13-7-8-13)17(21-15)11(2)18/h4-6,9,11,13H,3,7-8,10,18H2,1-2H3. The fraction of sp³-hybridized carbons (Fsp3) is 0.471. The Bertz CT molecular complexity index is 598. The lowest BCUT2D eigenvalue weighted by molar-refractivity contribution is 0.305. The summed E-state index contributed by atoms with van der Waals surface area (Å²) in [6, 6.07) is 8.33. The number of hydrogen-bond acceptors (Lipinski definition) is 4. The van der Waals surface area contributed by atoms with E-state index in [1.54, 1.807) is 11.3 Å². The number of benzene rings is 1. The molecule has 3 rings (SSSR count). The molecule has 1 fully saturated rings. The van der Waals surface area contributed by atoms with E-state index in [1.807, 2.05) is 19.1 Å². The third kappa shape index (κ3) is 3.44. The first-order valence-corrected chi connectivity index (χ1v) is 8.45. The zero-order valence-electron chi connectivity index (χ0n) is 12.6. The van der Waals surface area contributed by atoms with Gasteiger partial charge in [-0.15, -0.1) is 11.3 Å². The summed E-state index contributed by atoms with van der Waals surface area (Å²) in [5, 5.41) is 1.03. The van der Waals surface area contributed by atoms with Crippen LogP contribution in [0.5, 0.6) is 5.75 Å². The predicted octanol–water partition coefficient (Wildman–Crippen LogP) is 4.18. The number of aromatic nitrogens is 1. The van der Waals surface area contributed by atoms with Crippen LogP contribution in [-0.4, -0.2) is 4.98 Å². The van der Waals surface area contributed by atoms with Crippen LogP contribution >= 0.6 is 11.3 Å². The van der Waals surface area contributed by atoms with Crippen LogP contribution in [0.25, 0.3) is 0 Å². The Kier molecular flexibility index (Phi) is 4.27. The van der Waals surface area contributed by atoms with Gasteiger partial charge in [-0.25, -0.2) is 4.98 Å². The van der Waals surface area contributed by atoms with Gasteiger partial charge in [0.2, 0.25) is 0 Å². The zero-order chi connectivity index (χ0) is 14.8. The lowest BCUT2D eigenvalue weighted by Crippen LogP contribution is -2.05. The van der Waals surface area contributed by atoms with Crippen LogP contribution in [0.15, 0.2) is 24.3 Å². The van der Waals surface area contributed by atoms with Gasteiger partial charge in [0, 0.05) is 16.8 Å². The van der Waals surface area contributed by atoms with Crippen LogP contribution in [0.3, 0.4) is 0 Å². The molecule has 0 amide bonds. The second kappa shape index (κ2) is 6.16. The quantitative estimate of drug-likeness (QED) is 0.870. The van der Waals surface area contributed by atoms with Gasteiger partial charge in [0.1, 0.15) is 17.4 Å². The molecule has 2 N–H and O–H groups in total. The number of hydrogen-bond donors (Lipinski definition) is 1. The molecule has 0 radical (unpaired) electrons. The fourth-order valence-electron chi connectivity index (χ4n) is 2.43. The number of ether oxygens (including phenoxy) is 1. The van der Waals surface area contributed by atoms with Crippen molar-refractivity contribution in [3.8, 4) is 5.75 Å². The van der Waals surface area contributed by atoms with Gasteiger partial charge >= 0.3 is 0 Å². The Morgan fingerprint density at radius 1 is 1.43 bits per heavy atom. The number of nitrogens with two attached hydrogens (primary N) is 1. The molecule has 1 unspecified atom stereocenters. The van der Waals surface area contributed by atoms with E-state index in [0.29, 0.717) is 12.5 Å². The number of nitrogens with zero attached hydrogens (tertiary/aromatic N) is 1. The lowest BCUT2D eigenvalue weighted by atomic mass is 10.2. The summed E-state index contributed by atoms with van der Waals surface area (Å²) in [4.78, 5) is 6.00. The second-order valence-corrected chi connectivity index (χ2v) is 6.82. The molecule has 2 aromatic rings. The Morgan fingerprint density at radius 3 is 2.90 bits per heavy atom. The SMILES string of the molecule is CCc1cccc(OCc2nc(C3CC3)c(C(C)N)s2)c1. The Hall–Kier alpha value is -1.39. The molecule has 4 heteroatoms. The Morgan fingerprint density at radius 2 is 2.24 bits per heavy atom. The van der Waals surface area contributed by atoms with E-state index in [1.165, 1.54) is 29.0 Å². The molecule has 3 nitrogen and oxygen atoms in total. The topological polar surface area (TPSA) is 48.1 Å². The molecule has 0 saturated heterocycles. The average Bonchev–Trinajstić information content (AvgIpc) is 3.25. The molecule has 0 aliphatic heterocycles.